The van der Waals surface area contributed by atoms with Gasteiger partial charge in [0.2, 0.25) is 0 Å². The lowest BCUT2D eigenvalue weighted by molar-refractivity contribution is 1.47. The average molecular weight is 206 g/mol. The molecule has 0 aromatic carbocycles. The molecule has 0 amide bonds. The highest BCUT2D eigenvalue weighted by Gasteiger charge is 1.98. The summed E-state index contributed by atoms with van der Waals surface area (Å²) in [5.74, 6) is 0. The van der Waals surface area contributed by atoms with Crippen LogP contribution in [0, 0.1) is 22.7 Å². The molecular formula is C9H6N2S2. The van der Waals surface area contributed by atoms with E-state index in [1.165, 1.54) is 4.21 Å². The van der Waals surface area contributed by atoms with Gasteiger partial charge in [-0.25, -0.2) is 0 Å². The van der Waals surface area contributed by atoms with Crippen molar-refractivity contribution in [2.24, 2.45) is 0 Å². The topological polar surface area (TPSA) is 47.6 Å². The molecule has 1 rings (SSSR count). The molecule has 0 aliphatic carbocycles. The Balaban J connectivity index is 2.93. The Morgan fingerprint density at radius 2 is 2.15 bits per heavy atom. The summed E-state index contributed by atoms with van der Waals surface area (Å²) in [5, 5.41) is 17.0. The molecule has 0 atom stereocenters. The summed E-state index contributed by atoms with van der Waals surface area (Å²) >= 11 is 3.23. The normalized spacial score (nSPS) is 8.54. The Labute approximate surface area is 85.1 Å². The number of rotatable bonds is 2. The van der Waals surface area contributed by atoms with Crippen molar-refractivity contribution in [3.05, 3.63) is 22.6 Å². The molecule has 0 unspecified atom stereocenters. The lowest BCUT2D eigenvalue weighted by atomic mass is 10.3. The molecule has 0 aliphatic heterocycles. The Hall–Kier alpha value is -1.23. The predicted octanol–water partition coefficient (Wildman–Crippen LogP) is 2.90. The monoisotopic (exact) mass is 206 g/mol. The number of hydrogen-bond acceptors (Lipinski definition) is 4. The third-order valence-corrected chi connectivity index (χ3v) is 3.45. The van der Waals surface area contributed by atoms with Crippen molar-refractivity contribution in [2.75, 3.05) is 6.26 Å². The number of nitriles is 2. The molecule has 0 saturated heterocycles. The predicted molar refractivity (Wildman–Crippen MR) is 55.3 cm³/mol. The minimum atomic E-state index is 0.148. The maximum Gasteiger partial charge on any atom is 0.131 e. The van der Waals surface area contributed by atoms with E-state index in [1.54, 1.807) is 29.2 Å². The van der Waals surface area contributed by atoms with Gasteiger partial charge in [-0.05, 0) is 24.5 Å². The summed E-state index contributed by atoms with van der Waals surface area (Å²) in [6.07, 6.45) is 3.60. The van der Waals surface area contributed by atoms with E-state index in [2.05, 4.69) is 0 Å². The van der Waals surface area contributed by atoms with Crippen LogP contribution >= 0.6 is 23.1 Å². The summed E-state index contributed by atoms with van der Waals surface area (Å²) < 4.78 is 1.18. The van der Waals surface area contributed by atoms with Gasteiger partial charge in [-0.15, -0.1) is 23.1 Å². The minimum absolute atomic E-state index is 0.148. The van der Waals surface area contributed by atoms with Gasteiger partial charge >= 0.3 is 0 Å². The molecule has 0 saturated carbocycles. The second-order valence-corrected chi connectivity index (χ2v) is 4.36. The van der Waals surface area contributed by atoms with Crippen LogP contribution in [0.3, 0.4) is 0 Å². The first-order chi connectivity index (χ1) is 6.30. The first kappa shape index (κ1) is 9.85. The van der Waals surface area contributed by atoms with Gasteiger partial charge in [0.1, 0.15) is 17.7 Å². The fourth-order valence-electron chi connectivity index (χ4n) is 0.753. The summed E-state index contributed by atoms with van der Waals surface area (Å²) in [6, 6.07) is 7.54. The molecule has 0 aliphatic rings. The first-order valence-electron chi connectivity index (χ1n) is 3.46. The second-order valence-electron chi connectivity index (χ2n) is 2.14. The fourth-order valence-corrected chi connectivity index (χ4v) is 2.26. The van der Waals surface area contributed by atoms with E-state index in [9.17, 15) is 0 Å². The molecule has 13 heavy (non-hydrogen) atoms. The van der Waals surface area contributed by atoms with Crippen molar-refractivity contribution < 1.29 is 0 Å². The van der Waals surface area contributed by atoms with Gasteiger partial charge in [-0.1, -0.05) is 0 Å². The molecule has 1 heterocycles. The highest BCUT2D eigenvalue weighted by Crippen LogP contribution is 2.26. The van der Waals surface area contributed by atoms with E-state index in [4.69, 9.17) is 10.5 Å². The zero-order valence-electron chi connectivity index (χ0n) is 6.94. The van der Waals surface area contributed by atoms with Crippen LogP contribution in [0.5, 0.6) is 0 Å². The quantitative estimate of drug-likeness (QED) is 0.552. The smallest absolute Gasteiger partial charge is 0.131 e. The highest BCUT2D eigenvalue weighted by atomic mass is 32.2. The lowest BCUT2D eigenvalue weighted by Crippen LogP contribution is -1.68. The number of nitrogens with zero attached hydrogens (tertiary/aromatic N) is 2. The molecule has 2 nitrogen and oxygen atoms in total. The van der Waals surface area contributed by atoms with Crippen molar-refractivity contribution in [2.45, 2.75) is 4.21 Å². The molecule has 4 heteroatoms. The van der Waals surface area contributed by atoms with Crippen LogP contribution in [-0.4, -0.2) is 6.26 Å². The molecule has 64 valence electrons. The van der Waals surface area contributed by atoms with Gasteiger partial charge in [0.15, 0.2) is 0 Å². The third-order valence-electron chi connectivity index (χ3n) is 1.33. The van der Waals surface area contributed by atoms with E-state index in [1.807, 2.05) is 30.5 Å². The summed E-state index contributed by atoms with van der Waals surface area (Å²) in [5.41, 5.74) is 0.148. The summed E-state index contributed by atoms with van der Waals surface area (Å²) in [7, 11) is 0. The Kier molecular flexibility index (Phi) is 3.57. The van der Waals surface area contributed by atoms with E-state index < -0.39 is 0 Å². The molecule has 0 spiro atoms. The van der Waals surface area contributed by atoms with Crippen LogP contribution in [0.25, 0.3) is 6.08 Å². The van der Waals surface area contributed by atoms with Gasteiger partial charge in [0.25, 0.3) is 0 Å². The van der Waals surface area contributed by atoms with Gasteiger partial charge in [-0.2, -0.15) is 10.5 Å². The van der Waals surface area contributed by atoms with Crippen LogP contribution < -0.4 is 0 Å². The standard InChI is InChI=1S/C9H6N2S2/c1-12-9-3-2-8(13-9)4-7(5-10)6-11/h2-4H,1H3. The van der Waals surface area contributed by atoms with Crippen LogP contribution in [-0.2, 0) is 0 Å². The third kappa shape index (κ3) is 2.62. The van der Waals surface area contributed by atoms with Crippen molar-refractivity contribution >= 4 is 29.2 Å². The number of allylic oxidation sites excluding steroid dienone is 1. The molecule has 0 N–H and O–H groups in total. The van der Waals surface area contributed by atoms with E-state index >= 15 is 0 Å². The molecule has 0 radical (unpaired) electrons. The highest BCUT2D eigenvalue weighted by molar-refractivity contribution is 8.00. The van der Waals surface area contributed by atoms with Gasteiger partial charge in [0, 0.05) is 4.88 Å². The van der Waals surface area contributed by atoms with Crippen molar-refractivity contribution in [3.8, 4) is 12.1 Å². The average Bonchev–Trinajstić information content (AvgIpc) is 2.61. The van der Waals surface area contributed by atoms with E-state index in [0.29, 0.717) is 0 Å². The Morgan fingerprint density at radius 3 is 2.62 bits per heavy atom. The molecule has 0 fully saturated rings. The summed E-state index contributed by atoms with van der Waals surface area (Å²) in [4.78, 5) is 0.947. The van der Waals surface area contributed by atoms with Crippen molar-refractivity contribution in [1.82, 2.24) is 0 Å². The zero-order chi connectivity index (χ0) is 9.68. The van der Waals surface area contributed by atoms with Crippen molar-refractivity contribution in [1.29, 1.82) is 10.5 Å². The Morgan fingerprint density at radius 1 is 1.46 bits per heavy atom. The molecule has 1 aromatic rings. The molecule has 0 bridgehead atoms. The number of hydrogen-bond donors (Lipinski definition) is 0. The van der Waals surface area contributed by atoms with Gasteiger partial charge in [-0.3, -0.25) is 0 Å². The molecule has 1 aromatic heterocycles. The zero-order valence-corrected chi connectivity index (χ0v) is 8.58. The lowest BCUT2D eigenvalue weighted by Gasteiger charge is -1.83. The van der Waals surface area contributed by atoms with Gasteiger partial charge < -0.3 is 0 Å². The summed E-state index contributed by atoms with van der Waals surface area (Å²) in [6.45, 7) is 0. The maximum atomic E-state index is 8.51. The van der Waals surface area contributed by atoms with E-state index in [-0.39, 0.29) is 5.57 Å². The van der Waals surface area contributed by atoms with Crippen LogP contribution in [0.4, 0.5) is 0 Å². The van der Waals surface area contributed by atoms with E-state index in [0.717, 1.165) is 4.88 Å². The maximum absolute atomic E-state index is 8.51. The largest absolute Gasteiger partial charge is 0.192 e. The second kappa shape index (κ2) is 4.71. The fraction of sp³-hybridized carbons (Fsp3) is 0.111. The SMILES string of the molecule is CSc1ccc(C=C(C#N)C#N)s1. The molecular weight excluding hydrogens is 200 g/mol. The van der Waals surface area contributed by atoms with Crippen molar-refractivity contribution in [3.63, 3.8) is 0 Å². The number of thiophene rings is 1. The number of thioether (sulfide) groups is 1. The van der Waals surface area contributed by atoms with Crippen LogP contribution in [0.15, 0.2) is 21.9 Å². The van der Waals surface area contributed by atoms with Crippen LogP contribution in [0.1, 0.15) is 4.88 Å². The Bertz CT molecular complexity index is 388. The minimum Gasteiger partial charge on any atom is -0.192 e. The first-order valence-corrected chi connectivity index (χ1v) is 5.50. The van der Waals surface area contributed by atoms with Crippen LogP contribution in [0.2, 0.25) is 0 Å². The van der Waals surface area contributed by atoms with Gasteiger partial charge in [0.05, 0.1) is 4.21 Å².